The van der Waals surface area contributed by atoms with Gasteiger partial charge in [-0.3, -0.25) is 0 Å². The van der Waals surface area contributed by atoms with Gasteiger partial charge in [0.2, 0.25) is 0 Å². The van der Waals surface area contributed by atoms with Gasteiger partial charge in [0.05, 0.1) is 7.11 Å². The first-order chi connectivity index (χ1) is 7.85. The normalized spacial score (nSPS) is 10.6. The van der Waals surface area contributed by atoms with Crippen molar-refractivity contribution >= 4 is 10.8 Å². The summed E-state index contributed by atoms with van der Waals surface area (Å²) < 4.78 is 5.31. The van der Waals surface area contributed by atoms with Crippen LogP contribution in [0.15, 0.2) is 36.4 Å². The zero-order valence-electron chi connectivity index (χ0n) is 9.57. The number of benzene rings is 2. The molecule has 84 valence electrons. The molecule has 0 atom stereocenters. The molecular formula is C14H17NO. The van der Waals surface area contributed by atoms with Crippen LogP contribution in [0.1, 0.15) is 12.0 Å². The van der Waals surface area contributed by atoms with Crippen molar-refractivity contribution in [3.63, 3.8) is 0 Å². The molecule has 2 N–H and O–H groups in total. The highest BCUT2D eigenvalue weighted by Crippen LogP contribution is 2.26. The standard InChI is InChI=1S/C14H17NO/c1-16-13-9-11-5-2-3-7-14(11)12(10-13)6-4-8-15/h2-3,5,7,9-10H,4,6,8,15H2,1H3. The van der Waals surface area contributed by atoms with E-state index in [1.54, 1.807) is 7.11 Å². The van der Waals surface area contributed by atoms with E-state index in [1.165, 1.54) is 16.3 Å². The maximum absolute atomic E-state index is 5.56. The van der Waals surface area contributed by atoms with E-state index in [0.717, 1.165) is 25.1 Å². The summed E-state index contributed by atoms with van der Waals surface area (Å²) in [7, 11) is 1.71. The minimum absolute atomic E-state index is 0.728. The van der Waals surface area contributed by atoms with Crippen LogP contribution in [0.3, 0.4) is 0 Å². The highest BCUT2D eigenvalue weighted by Gasteiger charge is 2.03. The van der Waals surface area contributed by atoms with Crippen LogP contribution in [0.25, 0.3) is 10.8 Å². The molecular weight excluding hydrogens is 198 g/mol. The second kappa shape index (κ2) is 4.99. The fraction of sp³-hybridized carbons (Fsp3) is 0.286. The van der Waals surface area contributed by atoms with Crippen LogP contribution in [-0.2, 0) is 6.42 Å². The van der Waals surface area contributed by atoms with Crippen LogP contribution >= 0.6 is 0 Å². The molecule has 0 aliphatic carbocycles. The average molecular weight is 215 g/mol. The van der Waals surface area contributed by atoms with E-state index in [-0.39, 0.29) is 0 Å². The highest BCUT2D eigenvalue weighted by atomic mass is 16.5. The molecule has 2 rings (SSSR count). The average Bonchev–Trinajstić information content (AvgIpc) is 2.35. The van der Waals surface area contributed by atoms with Crippen LogP contribution in [0.2, 0.25) is 0 Å². The predicted octanol–water partition coefficient (Wildman–Crippen LogP) is 2.74. The van der Waals surface area contributed by atoms with E-state index >= 15 is 0 Å². The maximum Gasteiger partial charge on any atom is 0.119 e. The van der Waals surface area contributed by atoms with E-state index in [9.17, 15) is 0 Å². The first-order valence-corrected chi connectivity index (χ1v) is 5.61. The van der Waals surface area contributed by atoms with Gasteiger partial charge in [0, 0.05) is 0 Å². The summed E-state index contributed by atoms with van der Waals surface area (Å²) in [5.74, 6) is 0.922. The smallest absolute Gasteiger partial charge is 0.119 e. The van der Waals surface area contributed by atoms with Gasteiger partial charge in [-0.05, 0) is 47.9 Å². The lowest BCUT2D eigenvalue weighted by atomic mass is 10.0. The number of aryl methyl sites for hydroxylation is 1. The monoisotopic (exact) mass is 215 g/mol. The third kappa shape index (κ3) is 2.17. The number of fused-ring (bicyclic) bond motifs is 1. The van der Waals surface area contributed by atoms with Crippen LogP contribution in [0, 0.1) is 0 Å². The summed E-state index contributed by atoms with van der Waals surface area (Å²) in [4.78, 5) is 0. The van der Waals surface area contributed by atoms with Crippen LogP contribution in [-0.4, -0.2) is 13.7 Å². The molecule has 2 heteroatoms. The zero-order valence-corrected chi connectivity index (χ0v) is 9.57. The highest BCUT2D eigenvalue weighted by molar-refractivity contribution is 5.87. The summed E-state index contributed by atoms with van der Waals surface area (Å²) in [6.45, 7) is 0.728. The molecule has 0 spiro atoms. The van der Waals surface area contributed by atoms with Crippen molar-refractivity contribution in [1.29, 1.82) is 0 Å². The topological polar surface area (TPSA) is 35.2 Å². The maximum atomic E-state index is 5.56. The molecule has 0 aliphatic rings. The molecule has 0 aromatic heterocycles. The first-order valence-electron chi connectivity index (χ1n) is 5.61. The molecule has 2 aromatic carbocycles. The molecule has 0 fully saturated rings. The summed E-state index contributed by atoms with van der Waals surface area (Å²) in [5.41, 5.74) is 6.88. The summed E-state index contributed by atoms with van der Waals surface area (Å²) in [5, 5.41) is 2.53. The van der Waals surface area contributed by atoms with Gasteiger partial charge in [-0.25, -0.2) is 0 Å². The molecule has 0 saturated carbocycles. The molecule has 2 nitrogen and oxygen atoms in total. The number of ether oxygens (including phenoxy) is 1. The van der Waals surface area contributed by atoms with E-state index in [4.69, 9.17) is 10.5 Å². The molecule has 0 radical (unpaired) electrons. The van der Waals surface area contributed by atoms with E-state index in [2.05, 4.69) is 36.4 Å². The molecule has 0 aliphatic heterocycles. The van der Waals surface area contributed by atoms with Gasteiger partial charge in [-0.2, -0.15) is 0 Å². The first kappa shape index (κ1) is 11.0. The van der Waals surface area contributed by atoms with E-state index < -0.39 is 0 Å². The Hall–Kier alpha value is -1.54. The van der Waals surface area contributed by atoms with Gasteiger partial charge in [-0.15, -0.1) is 0 Å². The molecule has 0 amide bonds. The zero-order chi connectivity index (χ0) is 11.4. The summed E-state index contributed by atoms with van der Waals surface area (Å²) in [6, 6.07) is 12.6. The van der Waals surface area contributed by atoms with Gasteiger partial charge in [0.15, 0.2) is 0 Å². The third-order valence-corrected chi connectivity index (χ3v) is 2.81. The lowest BCUT2D eigenvalue weighted by Crippen LogP contribution is -2.01. The van der Waals surface area contributed by atoms with Crippen LogP contribution in [0.5, 0.6) is 5.75 Å². The molecule has 0 unspecified atom stereocenters. The van der Waals surface area contributed by atoms with Crippen molar-refractivity contribution < 1.29 is 4.74 Å². The third-order valence-electron chi connectivity index (χ3n) is 2.81. The van der Waals surface area contributed by atoms with Crippen molar-refractivity contribution in [3.8, 4) is 5.75 Å². The van der Waals surface area contributed by atoms with Crippen LogP contribution in [0.4, 0.5) is 0 Å². The number of rotatable bonds is 4. The van der Waals surface area contributed by atoms with Gasteiger partial charge in [0.25, 0.3) is 0 Å². The fourth-order valence-corrected chi connectivity index (χ4v) is 1.98. The van der Waals surface area contributed by atoms with Crippen molar-refractivity contribution in [1.82, 2.24) is 0 Å². The summed E-state index contributed by atoms with van der Waals surface area (Å²) in [6.07, 6.45) is 2.02. The molecule has 16 heavy (non-hydrogen) atoms. The minimum Gasteiger partial charge on any atom is -0.497 e. The quantitative estimate of drug-likeness (QED) is 0.851. The van der Waals surface area contributed by atoms with Crippen LogP contribution < -0.4 is 10.5 Å². The van der Waals surface area contributed by atoms with Gasteiger partial charge in [0.1, 0.15) is 5.75 Å². The summed E-state index contributed by atoms with van der Waals surface area (Å²) >= 11 is 0. The lowest BCUT2D eigenvalue weighted by Gasteiger charge is -2.09. The Morgan fingerprint density at radius 3 is 2.75 bits per heavy atom. The van der Waals surface area contributed by atoms with Gasteiger partial charge >= 0.3 is 0 Å². The Morgan fingerprint density at radius 2 is 2.00 bits per heavy atom. The second-order valence-electron chi connectivity index (χ2n) is 3.90. The Balaban J connectivity index is 2.50. The van der Waals surface area contributed by atoms with Crippen molar-refractivity contribution in [2.75, 3.05) is 13.7 Å². The molecule has 2 aromatic rings. The molecule has 0 saturated heterocycles. The minimum atomic E-state index is 0.728. The van der Waals surface area contributed by atoms with Gasteiger partial charge < -0.3 is 10.5 Å². The Morgan fingerprint density at radius 1 is 1.19 bits per heavy atom. The predicted molar refractivity (Wildman–Crippen MR) is 67.9 cm³/mol. The van der Waals surface area contributed by atoms with Crippen molar-refractivity contribution in [2.45, 2.75) is 12.8 Å². The van der Waals surface area contributed by atoms with Crippen molar-refractivity contribution in [2.24, 2.45) is 5.73 Å². The lowest BCUT2D eigenvalue weighted by molar-refractivity contribution is 0.415. The Bertz CT molecular complexity index is 479. The number of nitrogens with two attached hydrogens (primary N) is 1. The Kier molecular flexibility index (Phi) is 3.42. The second-order valence-corrected chi connectivity index (χ2v) is 3.90. The number of methoxy groups -OCH3 is 1. The number of hydrogen-bond acceptors (Lipinski definition) is 2. The van der Waals surface area contributed by atoms with Gasteiger partial charge in [-0.1, -0.05) is 24.3 Å². The van der Waals surface area contributed by atoms with E-state index in [1.807, 2.05) is 0 Å². The number of hydrogen-bond donors (Lipinski definition) is 1. The largest absolute Gasteiger partial charge is 0.497 e. The Labute approximate surface area is 96.0 Å². The van der Waals surface area contributed by atoms with E-state index in [0.29, 0.717) is 0 Å². The van der Waals surface area contributed by atoms with Crippen molar-refractivity contribution in [3.05, 3.63) is 42.0 Å². The molecule has 0 bridgehead atoms. The SMILES string of the molecule is COc1cc(CCCN)c2ccccc2c1. The fourth-order valence-electron chi connectivity index (χ4n) is 1.98. The molecule has 0 heterocycles.